The molecule has 1 aliphatic heterocycles. The highest BCUT2D eigenvalue weighted by Gasteiger charge is 2.45. The molecule has 6 heteroatoms. The van der Waals surface area contributed by atoms with Crippen molar-refractivity contribution < 1.29 is 9.59 Å². The Kier molecular flexibility index (Phi) is 4.53. The van der Waals surface area contributed by atoms with Crippen molar-refractivity contribution in [3.05, 3.63) is 41.5 Å². The minimum absolute atomic E-state index is 0.00805. The number of piperidine rings is 1. The van der Waals surface area contributed by atoms with Gasteiger partial charge in [-0.25, -0.2) is 4.98 Å². The van der Waals surface area contributed by atoms with Crippen LogP contribution in [0.5, 0.6) is 0 Å². The molecule has 1 aliphatic carbocycles. The van der Waals surface area contributed by atoms with Gasteiger partial charge in [-0.05, 0) is 43.6 Å². The van der Waals surface area contributed by atoms with Crippen LogP contribution in [0.4, 0.5) is 0 Å². The first kappa shape index (κ1) is 17.2. The van der Waals surface area contributed by atoms with Crippen molar-refractivity contribution in [2.24, 2.45) is 5.41 Å². The van der Waals surface area contributed by atoms with Gasteiger partial charge >= 0.3 is 0 Å². The summed E-state index contributed by atoms with van der Waals surface area (Å²) in [7, 11) is 0. The number of nitrogens with zero attached hydrogens (tertiary/aromatic N) is 2. The maximum absolute atomic E-state index is 12.6. The highest BCUT2D eigenvalue weighted by atomic mass is 32.1. The third-order valence-corrected chi connectivity index (χ3v) is 6.61. The summed E-state index contributed by atoms with van der Waals surface area (Å²) in [6.07, 6.45) is 6.55. The van der Waals surface area contributed by atoms with Crippen LogP contribution >= 0.6 is 11.3 Å². The lowest BCUT2D eigenvalue weighted by Crippen LogP contribution is -2.49. The summed E-state index contributed by atoms with van der Waals surface area (Å²) < 4.78 is 0. The molecule has 1 spiro atoms. The zero-order valence-corrected chi connectivity index (χ0v) is 15.7. The third kappa shape index (κ3) is 3.51. The molecule has 2 heterocycles. The predicted molar refractivity (Wildman–Crippen MR) is 102 cm³/mol. The second-order valence-electron chi connectivity index (χ2n) is 7.42. The number of rotatable bonds is 4. The van der Waals surface area contributed by atoms with Crippen molar-refractivity contribution in [2.75, 3.05) is 13.1 Å². The summed E-state index contributed by atoms with van der Waals surface area (Å²) in [4.78, 5) is 32.1. The van der Waals surface area contributed by atoms with Gasteiger partial charge in [-0.2, -0.15) is 0 Å². The van der Waals surface area contributed by atoms with Crippen molar-refractivity contribution in [1.82, 2.24) is 15.2 Å². The van der Waals surface area contributed by atoms with Crippen LogP contribution in [0.1, 0.15) is 42.4 Å². The quantitative estimate of drug-likeness (QED) is 0.899. The Morgan fingerprint density at radius 1 is 1.15 bits per heavy atom. The van der Waals surface area contributed by atoms with E-state index in [1.807, 2.05) is 35.2 Å². The highest BCUT2D eigenvalue weighted by Crippen LogP contribution is 2.53. The molecule has 0 radical (unpaired) electrons. The lowest BCUT2D eigenvalue weighted by Gasteiger charge is -2.33. The minimum atomic E-state index is -0.528. The fraction of sp³-hybridized carbons (Fsp3) is 0.450. The van der Waals surface area contributed by atoms with Gasteiger partial charge in [0, 0.05) is 19.3 Å². The van der Waals surface area contributed by atoms with E-state index in [0.29, 0.717) is 10.4 Å². The molecule has 0 unspecified atom stereocenters. The molecular weight excluding hydrogens is 346 g/mol. The van der Waals surface area contributed by atoms with Gasteiger partial charge in [0.25, 0.3) is 5.91 Å². The zero-order valence-electron chi connectivity index (χ0n) is 14.9. The molecular formula is C20H23N3O2S. The largest absolute Gasteiger partial charge is 0.341 e. The highest BCUT2D eigenvalue weighted by molar-refractivity contribution is 7.17. The number of hydrogen-bond acceptors (Lipinski definition) is 4. The summed E-state index contributed by atoms with van der Waals surface area (Å²) >= 11 is 1.34. The normalized spacial score (nSPS) is 19.2. The number of carbonyl (C=O) groups is 2. The van der Waals surface area contributed by atoms with E-state index in [-0.39, 0.29) is 11.8 Å². The topological polar surface area (TPSA) is 62.3 Å². The summed E-state index contributed by atoms with van der Waals surface area (Å²) in [5.74, 6) is -0.276. The first-order chi connectivity index (χ1) is 12.6. The lowest BCUT2D eigenvalue weighted by molar-refractivity contribution is -0.134. The Labute approximate surface area is 157 Å². The number of hydrogen-bond donors (Lipinski definition) is 1. The Hall–Kier alpha value is -2.21. The van der Waals surface area contributed by atoms with Crippen LogP contribution in [0, 0.1) is 5.41 Å². The molecule has 4 rings (SSSR count). The van der Waals surface area contributed by atoms with Crippen LogP contribution in [0.3, 0.4) is 0 Å². The first-order valence-electron chi connectivity index (χ1n) is 9.17. The maximum Gasteiger partial charge on any atom is 0.280 e. The molecule has 1 N–H and O–H groups in total. The van der Waals surface area contributed by atoms with Crippen LogP contribution in [-0.4, -0.2) is 40.8 Å². The molecule has 1 atom stereocenters. The lowest BCUT2D eigenvalue weighted by atomic mass is 9.93. The Balaban J connectivity index is 1.35. The van der Waals surface area contributed by atoms with Gasteiger partial charge in [-0.1, -0.05) is 30.3 Å². The van der Waals surface area contributed by atoms with Gasteiger partial charge in [-0.3, -0.25) is 9.59 Å². The number of nitrogens with one attached hydrogen (secondary N) is 1. The number of amides is 2. The van der Waals surface area contributed by atoms with E-state index in [9.17, 15) is 9.59 Å². The van der Waals surface area contributed by atoms with E-state index >= 15 is 0 Å². The van der Waals surface area contributed by atoms with E-state index in [4.69, 9.17) is 0 Å². The second-order valence-corrected chi connectivity index (χ2v) is 8.45. The molecule has 2 amide bonds. The summed E-state index contributed by atoms with van der Waals surface area (Å²) in [5, 5.41) is 3.20. The molecule has 2 fully saturated rings. The molecule has 1 aromatic heterocycles. The first-order valence-corrected chi connectivity index (χ1v) is 9.99. The molecule has 1 aromatic carbocycles. The molecule has 0 bridgehead atoms. The zero-order chi connectivity index (χ0) is 18.1. The SMILES string of the molecule is C[C@H](NC(=O)c1ncc(-c2ccccc2)s1)C(=O)N1CCC2(CC1)CC2. The van der Waals surface area contributed by atoms with Crippen LogP contribution in [-0.2, 0) is 4.79 Å². The fourth-order valence-electron chi connectivity index (χ4n) is 3.59. The third-order valence-electron chi connectivity index (χ3n) is 5.57. The van der Waals surface area contributed by atoms with Crippen LogP contribution in [0.2, 0.25) is 0 Å². The van der Waals surface area contributed by atoms with E-state index < -0.39 is 6.04 Å². The molecule has 26 heavy (non-hydrogen) atoms. The average Bonchev–Trinajstić information content (AvgIpc) is 3.23. The summed E-state index contributed by atoms with van der Waals surface area (Å²) in [6.45, 7) is 3.39. The van der Waals surface area contributed by atoms with Crippen LogP contribution < -0.4 is 5.32 Å². The smallest absolute Gasteiger partial charge is 0.280 e. The van der Waals surface area contributed by atoms with Gasteiger partial charge in [0.05, 0.1) is 4.88 Å². The number of benzene rings is 1. The number of likely N-dealkylation sites (tertiary alicyclic amines) is 1. The molecule has 2 aromatic rings. The Morgan fingerprint density at radius 2 is 1.85 bits per heavy atom. The van der Waals surface area contributed by atoms with Gasteiger partial charge in [0.1, 0.15) is 6.04 Å². The molecule has 1 saturated heterocycles. The van der Waals surface area contributed by atoms with Crippen molar-refractivity contribution in [3.8, 4) is 10.4 Å². The van der Waals surface area contributed by atoms with E-state index in [1.54, 1.807) is 13.1 Å². The monoisotopic (exact) mass is 369 g/mol. The van der Waals surface area contributed by atoms with Gasteiger partial charge in [0.15, 0.2) is 5.01 Å². The van der Waals surface area contributed by atoms with E-state index in [1.165, 1.54) is 24.2 Å². The number of thiazole rings is 1. The summed E-state index contributed by atoms with van der Waals surface area (Å²) in [6, 6.07) is 9.32. The second kappa shape index (κ2) is 6.83. The fourth-order valence-corrected chi connectivity index (χ4v) is 4.41. The van der Waals surface area contributed by atoms with E-state index in [2.05, 4.69) is 10.3 Å². The minimum Gasteiger partial charge on any atom is -0.341 e. The number of carbonyl (C=O) groups excluding carboxylic acids is 2. The Bertz CT molecular complexity index is 803. The van der Waals surface area contributed by atoms with Gasteiger partial charge in [0.2, 0.25) is 5.91 Å². The van der Waals surface area contributed by atoms with Crippen molar-refractivity contribution in [3.63, 3.8) is 0 Å². The van der Waals surface area contributed by atoms with Crippen LogP contribution in [0.15, 0.2) is 36.5 Å². The van der Waals surface area contributed by atoms with Crippen molar-refractivity contribution in [1.29, 1.82) is 0 Å². The molecule has 1 saturated carbocycles. The van der Waals surface area contributed by atoms with Crippen LogP contribution in [0.25, 0.3) is 10.4 Å². The molecule has 136 valence electrons. The summed E-state index contributed by atoms with van der Waals surface area (Å²) in [5.41, 5.74) is 1.58. The van der Waals surface area contributed by atoms with Gasteiger partial charge < -0.3 is 10.2 Å². The number of aromatic nitrogens is 1. The molecule has 5 nitrogen and oxygen atoms in total. The standard InChI is InChI=1S/C20H23N3O2S/c1-14(19(25)23-11-9-20(7-8-20)10-12-23)22-17(24)18-21-13-16(26-18)15-5-3-2-4-6-15/h2-6,13-14H,7-12H2,1H3,(H,22,24)/t14-/m0/s1. The van der Waals surface area contributed by atoms with Crippen molar-refractivity contribution >= 4 is 23.2 Å². The predicted octanol–water partition coefficient (Wildman–Crippen LogP) is 3.33. The molecule has 2 aliphatic rings. The van der Waals surface area contributed by atoms with E-state index in [0.717, 1.165) is 36.4 Å². The average molecular weight is 369 g/mol. The van der Waals surface area contributed by atoms with Crippen molar-refractivity contribution in [2.45, 2.75) is 38.6 Å². The Morgan fingerprint density at radius 3 is 2.50 bits per heavy atom. The van der Waals surface area contributed by atoms with Gasteiger partial charge in [-0.15, -0.1) is 11.3 Å². The maximum atomic E-state index is 12.6.